The first kappa shape index (κ1) is 22.6. The van der Waals surface area contributed by atoms with Gasteiger partial charge in [-0.25, -0.2) is 4.98 Å². The molecule has 2 aliphatic rings. The van der Waals surface area contributed by atoms with Crippen LogP contribution in [0.1, 0.15) is 43.2 Å². The van der Waals surface area contributed by atoms with Gasteiger partial charge < -0.3 is 19.9 Å². The number of rotatable bonds is 7. The quantitative estimate of drug-likeness (QED) is 0.525. The largest absolute Gasteiger partial charge is 0.376 e. The van der Waals surface area contributed by atoms with Gasteiger partial charge in [-0.05, 0) is 42.5 Å². The molecule has 0 aliphatic carbocycles. The molecule has 4 rings (SSSR count). The number of aliphatic imine (C=N–C) groups is 1. The van der Waals surface area contributed by atoms with Crippen molar-refractivity contribution in [1.82, 2.24) is 15.2 Å². The first-order valence-corrected chi connectivity index (χ1v) is 12.1. The molecule has 0 amide bonds. The van der Waals surface area contributed by atoms with E-state index in [-0.39, 0.29) is 0 Å². The molecule has 1 atom stereocenters. The summed E-state index contributed by atoms with van der Waals surface area (Å²) < 4.78 is 5.98. The van der Waals surface area contributed by atoms with Gasteiger partial charge in [0.15, 0.2) is 5.96 Å². The molecule has 0 bridgehead atoms. The Morgan fingerprint density at radius 2 is 1.88 bits per heavy atom. The maximum absolute atomic E-state index is 5.98. The number of anilines is 1. The zero-order valence-corrected chi connectivity index (χ0v) is 19.4. The van der Waals surface area contributed by atoms with Gasteiger partial charge in [0.1, 0.15) is 5.82 Å². The summed E-state index contributed by atoms with van der Waals surface area (Å²) in [5.74, 6) is 2.63. The van der Waals surface area contributed by atoms with Crippen LogP contribution in [0, 0.1) is 5.92 Å². The third kappa shape index (κ3) is 6.45. The van der Waals surface area contributed by atoms with E-state index in [9.17, 15) is 0 Å². The maximum atomic E-state index is 5.98. The van der Waals surface area contributed by atoms with Crippen LogP contribution in [0.5, 0.6) is 0 Å². The van der Waals surface area contributed by atoms with Crippen molar-refractivity contribution < 1.29 is 4.74 Å². The molecule has 2 saturated heterocycles. The van der Waals surface area contributed by atoms with Crippen molar-refractivity contribution in [3.8, 4) is 0 Å². The molecule has 0 spiro atoms. The zero-order chi connectivity index (χ0) is 22.0. The molecule has 6 nitrogen and oxygen atoms in total. The second kappa shape index (κ2) is 11.9. The van der Waals surface area contributed by atoms with Gasteiger partial charge in [0, 0.05) is 51.9 Å². The van der Waals surface area contributed by atoms with Gasteiger partial charge >= 0.3 is 0 Å². The summed E-state index contributed by atoms with van der Waals surface area (Å²) in [5.41, 5.74) is 2.49. The van der Waals surface area contributed by atoms with Crippen molar-refractivity contribution >= 4 is 11.8 Å². The number of pyridine rings is 1. The van der Waals surface area contributed by atoms with E-state index in [4.69, 9.17) is 4.74 Å². The number of nitrogens with one attached hydrogen (secondary N) is 1. The molecular weight excluding hydrogens is 398 g/mol. The summed E-state index contributed by atoms with van der Waals surface area (Å²) in [6.07, 6.45) is 8.29. The Morgan fingerprint density at radius 1 is 1.06 bits per heavy atom. The average Bonchev–Trinajstić information content (AvgIpc) is 3.12. The van der Waals surface area contributed by atoms with Gasteiger partial charge in [-0.1, -0.05) is 43.2 Å². The Morgan fingerprint density at radius 3 is 2.66 bits per heavy atom. The van der Waals surface area contributed by atoms with Crippen LogP contribution in [0.4, 0.5) is 5.82 Å². The van der Waals surface area contributed by atoms with Crippen LogP contribution in [-0.2, 0) is 17.9 Å². The number of guanidine groups is 1. The summed E-state index contributed by atoms with van der Waals surface area (Å²) in [4.78, 5) is 14.0. The lowest BCUT2D eigenvalue weighted by Crippen LogP contribution is -2.39. The summed E-state index contributed by atoms with van der Waals surface area (Å²) >= 11 is 0. The van der Waals surface area contributed by atoms with E-state index in [1.54, 1.807) is 0 Å². The Labute approximate surface area is 192 Å². The topological polar surface area (TPSA) is 53.0 Å². The van der Waals surface area contributed by atoms with Crippen molar-refractivity contribution in [3.63, 3.8) is 0 Å². The van der Waals surface area contributed by atoms with E-state index in [1.807, 2.05) is 19.3 Å². The highest BCUT2D eigenvalue weighted by molar-refractivity contribution is 5.80. The second-order valence-electron chi connectivity index (χ2n) is 8.93. The standard InChI is InChI=1S/C26H37N5O/c1-27-26(31-16-12-24(19-31)21-32-20-22-9-5-4-6-10-22)29-18-23-11-13-28-25(17-23)30-14-7-2-3-8-15-30/h4-6,9-11,13,17,24H,2-3,7-8,12,14-16,18-21H2,1H3,(H,27,29). The lowest BCUT2D eigenvalue weighted by atomic mass is 10.1. The molecule has 2 aliphatic heterocycles. The van der Waals surface area contributed by atoms with E-state index in [2.05, 4.69) is 61.5 Å². The van der Waals surface area contributed by atoms with Crippen LogP contribution in [0.2, 0.25) is 0 Å². The van der Waals surface area contributed by atoms with Crippen molar-refractivity contribution in [1.29, 1.82) is 0 Å². The number of ether oxygens (including phenoxy) is 1. The summed E-state index contributed by atoms with van der Waals surface area (Å²) in [5, 5.41) is 3.56. The normalized spacial score (nSPS) is 19.8. The van der Waals surface area contributed by atoms with Gasteiger partial charge in [-0.3, -0.25) is 4.99 Å². The average molecular weight is 436 g/mol. The molecule has 2 fully saturated rings. The first-order valence-electron chi connectivity index (χ1n) is 12.1. The Bertz CT molecular complexity index is 848. The van der Waals surface area contributed by atoms with Crippen LogP contribution < -0.4 is 10.2 Å². The first-order chi connectivity index (χ1) is 15.8. The minimum absolute atomic E-state index is 0.549. The van der Waals surface area contributed by atoms with Crippen LogP contribution in [0.25, 0.3) is 0 Å². The van der Waals surface area contributed by atoms with E-state index in [0.717, 1.165) is 57.5 Å². The van der Waals surface area contributed by atoms with Crippen molar-refractivity contribution in [2.45, 2.75) is 45.3 Å². The zero-order valence-electron chi connectivity index (χ0n) is 19.4. The van der Waals surface area contributed by atoms with Crippen LogP contribution >= 0.6 is 0 Å². The van der Waals surface area contributed by atoms with Crippen LogP contribution in [-0.4, -0.2) is 55.7 Å². The molecule has 32 heavy (non-hydrogen) atoms. The minimum Gasteiger partial charge on any atom is -0.376 e. The third-order valence-corrected chi connectivity index (χ3v) is 6.45. The smallest absolute Gasteiger partial charge is 0.193 e. The molecule has 1 aromatic heterocycles. The van der Waals surface area contributed by atoms with Crippen LogP contribution in [0.3, 0.4) is 0 Å². The fraction of sp³-hybridized carbons (Fsp3) is 0.538. The highest BCUT2D eigenvalue weighted by Crippen LogP contribution is 2.19. The fourth-order valence-electron chi connectivity index (χ4n) is 4.64. The number of hydrogen-bond donors (Lipinski definition) is 1. The molecule has 1 unspecified atom stereocenters. The molecule has 0 radical (unpaired) electrons. The van der Waals surface area contributed by atoms with Gasteiger partial charge in [0.2, 0.25) is 0 Å². The Hall–Kier alpha value is -2.60. The SMILES string of the molecule is CN=C(NCc1ccnc(N2CCCCCC2)c1)N1CCC(COCc2ccccc2)C1. The Kier molecular flexibility index (Phi) is 8.37. The van der Waals surface area contributed by atoms with Gasteiger partial charge in [0.05, 0.1) is 13.2 Å². The summed E-state index contributed by atoms with van der Waals surface area (Å²) in [6, 6.07) is 14.7. The van der Waals surface area contributed by atoms with Crippen molar-refractivity contribution in [2.24, 2.45) is 10.9 Å². The third-order valence-electron chi connectivity index (χ3n) is 6.45. The molecule has 3 heterocycles. The number of hydrogen-bond acceptors (Lipinski definition) is 4. The monoisotopic (exact) mass is 435 g/mol. The lowest BCUT2D eigenvalue weighted by Gasteiger charge is -2.23. The van der Waals surface area contributed by atoms with Crippen LogP contribution in [0.15, 0.2) is 53.7 Å². The molecule has 6 heteroatoms. The number of benzene rings is 1. The Balaban J connectivity index is 1.24. The molecule has 172 valence electrons. The number of aromatic nitrogens is 1. The van der Waals surface area contributed by atoms with Crippen molar-refractivity contribution in [2.75, 3.05) is 44.7 Å². The van der Waals surface area contributed by atoms with Gasteiger partial charge in [-0.2, -0.15) is 0 Å². The predicted octanol–water partition coefficient (Wildman–Crippen LogP) is 4.08. The number of likely N-dealkylation sites (tertiary alicyclic amines) is 1. The van der Waals surface area contributed by atoms with Gasteiger partial charge in [0.25, 0.3) is 0 Å². The summed E-state index contributed by atoms with van der Waals surface area (Å²) in [6.45, 7) is 6.50. The predicted molar refractivity (Wildman–Crippen MR) is 131 cm³/mol. The highest BCUT2D eigenvalue weighted by atomic mass is 16.5. The summed E-state index contributed by atoms with van der Waals surface area (Å²) in [7, 11) is 1.87. The molecule has 2 aromatic rings. The van der Waals surface area contributed by atoms with E-state index >= 15 is 0 Å². The molecule has 1 aromatic carbocycles. The number of nitrogens with zero attached hydrogens (tertiary/aromatic N) is 4. The molecular formula is C26H37N5O. The maximum Gasteiger partial charge on any atom is 0.193 e. The van der Waals surface area contributed by atoms with E-state index in [1.165, 1.54) is 36.8 Å². The second-order valence-corrected chi connectivity index (χ2v) is 8.93. The van der Waals surface area contributed by atoms with E-state index < -0.39 is 0 Å². The highest BCUT2D eigenvalue weighted by Gasteiger charge is 2.25. The molecule has 1 N–H and O–H groups in total. The van der Waals surface area contributed by atoms with Gasteiger partial charge in [-0.15, -0.1) is 0 Å². The lowest BCUT2D eigenvalue weighted by molar-refractivity contribution is 0.0906. The van der Waals surface area contributed by atoms with Crippen molar-refractivity contribution in [3.05, 3.63) is 59.8 Å². The fourth-order valence-corrected chi connectivity index (χ4v) is 4.64. The van der Waals surface area contributed by atoms with E-state index in [0.29, 0.717) is 12.5 Å². The minimum atomic E-state index is 0.549. The molecule has 0 saturated carbocycles.